The zero-order valence-electron chi connectivity index (χ0n) is 17.4. The van der Waals surface area contributed by atoms with Gasteiger partial charge in [0, 0.05) is 49.7 Å². The molecule has 3 aromatic rings. The molecule has 8 heteroatoms. The minimum atomic E-state index is -0.342. The number of benzene rings is 1. The summed E-state index contributed by atoms with van der Waals surface area (Å²) in [5.74, 6) is -0.698. The van der Waals surface area contributed by atoms with E-state index in [1.54, 1.807) is 35.4 Å². The average molecular weight is 434 g/mol. The Morgan fingerprint density at radius 1 is 1.16 bits per heavy atom. The standard InChI is InChI=1S/C24H23FN4O3/c25-19-5-3-4-17(12-19)22-8-7-18(13-27-22)24(31)28-14-21-15-29(23(30)16-32-21)11-9-20-6-1-2-10-26-20/h1-8,10,12-13,21H,9,11,14-16H2,(H,28,31). The molecule has 1 N–H and O–H groups in total. The second kappa shape index (κ2) is 10.1. The van der Waals surface area contributed by atoms with Crippen LogP contribution in [0.25, 0.3) is 11.3 Å². The van der Waals surface area contributed by atoms with Gasteiger partial charge in [0.15, 0.2) is 0 Å². The van der Waals surface area contributed by atoms with Gasteiger partial charge >= 0.3 is 0 Å². The van der Waals surface area contributed by atoms with Crippen LogP contribution in [-0.4, -0.2) is 59.0 Å². The summed E-state index contributed by atoms with van der Waals surface area (Å²) >= 11 is 0. The lowest BCUT2D eigenvalue weighted by atomic mass is 10.1. The lowest BCUT2D eigenvalue weighted by Gasteiger charge is -2.32. The Hall–Kier alpha value is -3.65. The van der Waals surface area contributed by atoms with E-state index in [2.05, 4.69) is 15.3 Å². The van der Waals surface area contributed by atoms with Gasteiger partial charge in [-0.15, -0.1) is 0 Å². The first-order valence-electron chi connectivity index (χ1n) is 10.4. The van der Waals surface area contributed by atoms with Crippen LogP contribution in [0, 0.1) is 5.82 Å². The summed E-state index contributed by atoms with van der Waals surface area (Å²) in [5.41, 5.74) is 2.54. The molecule has 164 valence electrons. The largest absolute Gasteiger partial charge is 0.365 e. The van der Waals surface area contributed by atoms with Crippen molar-refractivity contribution in [3.63, 3.8) is 0 Å². The monoisotopic (exact) mass is 434 g/mol. The van der Waals surface area contributed by atoms with E-state index in [1.807, 2.05) is 18.2 Å². The number of nitrogens with one attached hydrogen (secondary N) is 1. The van der Waals surface area contributed by atoms with Crippen LogP contribution in [0.4, 0.5) is 4.39 Å². The third-order valence-corrected chi connectivity index (χ3v) is 5.22. The fraction of sp³-hybridized carbons (Fsp3) is 0.250. The van der Waals surface area contributed by atoms with Crippen molar-refractivity contribution in [2.75, 3.05) is 26.2 Å². The van der Waals surface area contributed by atoms with E-state index in [0.717, 1.165) is 5.69 Å². The highest BCUT2D eigenvalue weighted by Crippen LogP contribution is 2.18. The van der Waals surface area contributed by atoms with E-state index in [9.17, 15) is 14.0 Å². The molecule has 1 unspecified atom stereocenters. The van der Waals surface area contributed by atoms with Crippen molar-refractivity contribution < 1.29 is 18.7 Å². The molecule has 3 heterocycles. The van der Waals surface area contributed by atoms with E-state index in [0.29, 0.717) is 36.3 Å². The van der Waals surface area contributed by atoms with Crippen molar-refractivity contribution in [3.05, 3.63) is 84.1 Å². The molecule has 0 saturated carbocycles. The van der Waals surface area contributed by atoms with Crippen LogP contribution in [0.15, 0.2) is 67.0 Å². The summed E-state index contributed by atoms with van der Waals surface area (Å²) in [4.78, 5) is 34.9. The first-order valence-corrected chi connectivity index (χ1v) is 10.4. The number of nitrogens with zero attached hydrogens (tertiary/aromatic N) is 3. The van der Waals surface area contributed by atoms with Gasteiger partial charge in [-0.3, -0.25) is 19.6 Å². The summed E-state index contributed by atoms with van der Waals surface area (Å²) in [6.07, 6.45) is 3.56. The number of halogens is 1. The molecule has 0 radical (unpaired) electrons. The van der Waals surface area contributed by atoms with Gasteiger partial charge in [-0.1, -0.05) is 18.2 Å². The van der Waals surface area contributed by atoms with Crippen LogP contribution < -0.4 is 5.32 Å². The van der Waals surface area contributed by atoms with Gasteiger partial charge in [0.05, 0.1) is 17.4 Å². The fourth-order valence-electron chi connectivity index (χ4n) is 3.47. The molecule has 7 nitrogen and oxygen atoms in total. The van der Waals surface area contributed by atoms with Gasteiger partial charge in [-0.25, -0.2) is 4.39 Å². The maximum Gasteiger partial charge on any atom is 0.252 e. The second-order valence-electron chi connectivity index (χ2n) is 7.50. The number of ether oxygens (including phenoxy) is 1. The Labute approximate surface area is 185 Å². The van der Waals surface area contributed by atoms with Crippen molar-refractivity contribution >= 4 is 11.8 Å². The van der Waals surface area contributed by atoms with Crippen LogP contribution in [0.2, 0.25) is 0 Å². The summed E-state index contributed by atoms with van der Waals surface area (Å²) in [5, 5.41) is 2.83. The fourth-order valence-corrected chi connectivity index (χ4v) is 3.47. The molecule has 1 saturated heterocycles. The highest BCUT2D eigenvalue weighted by atomic mass is 19.1. The molecule has 1 atom stereocenters. The lowest BCUT2D eigenvalue weighted by Crippen LogP contribution is -2.51. The van der Waals surface area contributed by atoms with Gasteiger partial charge in [-0.05, 0) is 36.4 Å². The quantitative estimate of drug-likeness (QED) is 0.618. The SMILES string of the molecule is O=C(NCC1CN(CCc2ccccn2)C(=O)CO1)c1ccc(-c2cccc(F)c2)nc1. The van der Waals surface area contributed by atoms with Crippen LogP contribution in [0.1, 0.15) is 16.1 Å². The number of morpholine rings is 1. The van der Waals surface area contributed by atoms with E-state index in [1.165, 1.54) is 18.3 Å². The molecule has 32 heavy (non-hydrogen) atoms. The Kier molecular flexibility index (Phi) is 6.81. The van der Waals surface area contributed by atoms with Crippen molar-refractivity contribution in [3.8, 4) is 11.3 Å². The highest BCUT2D eigenvalue weighted by molar-refractivity contribution is 5.94. The van der Waals surface area contributed by atoms with Crippen LogP contribution >= 0.6 is 0 Å². The second-order valence-corrected chi connectivity index (χ2v) is 7.50. The van der Waals surface area contributed by atoms with E-state index in [4.69, 9.17) is 4.74 Å². The maximum atomic E-state index is 13.4. The van der Waals surface area contributed by atoms with E-state index < -0.39 is 0 Å². The molecular formula is C24H23FN4O3. The summed E-state index contributed by atoms with van der Waals surface area (Å²) < 4.78 is 19.0. The van der Waals surface area contributed by atoms with Crippen LogP contribution in [0.5, 0.6) is 0 Å². The Balaban J connectivity index is 1.29. The Morgan fingerprint density at radius 3 is 2.81 bits per heavy atom. The first-order chi connectivity index (χ1) is 15.6. The molecule has 0 spiro atoms. The highest BCUT2D eigenvalue weighted by Gasteiger charge is 2.26. The normalized spacial score (nSPS) is 16.1. The minimum Gasteiger partial charge on any atom is -0.365 e. The van der Waals surface area contributed by atoms with Gasteiger partial charge in [-0.2, -0.15) is 0 Å². The van der Waals surface area contributed by atoms with Gasteiger partial charge < -0.3 is 15.0 Å². The zero-order chi connectivity index (χ0) is 22.3. The summed E-state index contributed by atoms with van der Waals surface area (Å²) in [6.45, 7) is 1.22. The average Bonchev–Trinajstić information content (AvgIpc) is 2.83. The van der Waals surface area contributed by atoms with Crippen LogP contribution in [-0.2, 0) is 16.0 Å². The molecular weight excluding hydrogens is 411 g/mol. The lowest BCUT2D eigenvalue weighted by molar-refractivity contribution is -0.148. The van der Waals surface area contributed by atoms with Crippen molar-refractivity contribution in [1.29, 1.82) is 0 Å². The number of pyridine rings is 2. The Morgan fingerprint density at radius 2 is 2.06 bits per heavy atom. The summed E-state index contributed by atoms with van der Waals surface area (Å²) in [6, 6.07) is 15.2. The molecule has 1 aliphatic heterocycles. The molecule has 0 aliphatic carbocycles. The number of hydrogen-bond donors (Lipinski definition) is 1. The molecule has 1 fully saturated rings. The predicted molar refractivity (Wildman–Crippen MR) is 116 cm³/mol. The topological polar surface area (TPSA) is 84.4 Å². The molecule has 1 aromatic carbocycles. The molecule has 4 rings (SSSR count). The van der Waals surface area contributed by atoms with Crippen molar-refractivity contribution in [2.24, 2.45) is 0 Å². The molecule has 2 aromatic heterocycles. The minimum absolute atomic E-state index is 0.00730. The third kappa shape index (κ3) is 5.53. The van der Waals surface area contributed by atoms with E-state index in [-0.39, 0.29) is 36.9 Å². The predicted octanol–water partition coefficient (Wildman–Crippen LogP) is 2.48. The van der Waals surface area contributed by atoms with E-state index >= 15 is 0 Å². The van der Waals surface area contributed by atoms with Gasteiger partial charge in [0.2, 0.25) is 5.91 Å². The van der Waals surface area contributed by atoms with Crippen LogP contribution in [0.3, 0.4) is 0 Å². The molecule has 1 aliphatic rings. The summed E-state index contributed by atoms with van der Waals surface area (Å²) in [7, 11) is 0. The third-order valence-electron chi connectivity index (χ3n) is 5.22. The number of aromatic nitrogens is 2. The molecule has 0 bridgehead atoms. The zero-order valence-corrected chi connectivity index (χ0v) is 17.4. The first kappa shape index (κ1) is 21.6. The van der Waals surface area contributed by atoms with Gasteiger partial charge in [0.25, 0.3) is 5.91 Å². The van der Waals surface area contributed by atoms with Crippen molar-refractivity contribution in [2.45, 2.75) is 12.5 Å². The van der Waals surface area contributed by atoms with Crippen molar-refractivity contribution in [1.82, 2.24) is 20.2 Å². The number of carbonyl (C=O) groups is 2. The van der Waals surface area contributed by atoms with Gasteiger partial charge in [0.1, 0.15) is 12.4 Å². The Bertz CT molecular complexity index is 1080. The number of hydrogen-bond acceptors (Lipinski definition) is 5. The number of carbonyl (C=O) groups excluding carboxylic acids is 2. The number of rotatable bonds is 7. The molecule has 2 amide bonds. The maximum absolute atomic E-state index is 13.4. The number of amides is 2. The smallest absolute Gasteiger partial charge is 0.252 e.